The molecule has 0 aliphatic heterocycles. The van der Waals surface area contributed by atoms with Crippen molar-refractivity contribution in [2.75, 3.05) is 5.32 Å². The van der Waals surface area contributed by atoms with Crippen LogP contribution in [-0.2, 0) is 11.2 Å². The number of hydrogen-bond donors (Lipinski definition) is 1. The summed E-state index contributed by atoms with van der Waals surface area (Å²) >= 11 is 6.16. The highest BCUT2D eigenvalue weighted by Crippen LogP contribution is 2.28. The van der Waals surface area contributed by atoms with Crippen LogP contribution in [0.2, 0.25) is 5.02 Å². The molecule has 0 spiro atoms. The van der Waals surface area contributed by atoms with E-state index in [-0.39, 0.29) is 12.3 Å². The van der Waals surface area contributed by atoms with Gasteiger partial charge in [-0.15, -0.1) is 0 Å². The average molecular weight is 352 g/mol. The van der Waals surface area contributed by atoms with E-state index in [0.717, 1.165) is 0 Å². The number of aryl methyl sites for hydroxylation is 1. The SMILES string of the molecule is Cc1oc(-c2ccccc2Cl)nc1CC(=O)Nc1cccc(C#N)c1. The molecular weight excluding hydrogens is 338 g/mol. The number of halogens is 1. The predicted molar refractivity (Wildman–Crippen MR) is 95.2 cm³/mol. The molecule has 0 saturated carbocycles. The van der Waals surface area contributed by atoms with Gasteiger partial charge < -0.3 is 9.73 Å². The van der Waals surface area contributed by atoms with Gasteiger partial charge in [-0.1, -0.05) is 29.8 Å². The van der Waals surface area contributed by atoms with Gasteiger partial charge in [0.15, 0.2) is 0 Å². The highest BCUT2D eigenvalue weighted by atomic mass is 35.5. The Bertz CT molecular complexity index is 973. The van der Waals surface area contributed by atoms with Gasteiger partial charge in [0.1, 0.15) is 5.76 Å². The van der Waals surface area contributed by atoms with Crippen molar-refractivity contribution in [3.8, 4) is 17.5 Å². The third-order valence-corrected chi connectivity index (χ3v) is 3.93. The summed E-state index contributed by atoms with van der Waals surface area (Å²) in [6, 6.07) is 16.0. The molecule has 5 nitrogen and oxygen atoms in total. The van der Waals surface area contributed by atoms with Crippen molar-refractivity contribution in [3.63, 3.8) is 0 Å². The fraction of sp³-hybridized carbons (Fsp3) is 0.105. The fourth-order valence-corrected chi connectivity index (χ4v) is 2.58. The molecule has 0 fully saturated rings. The molecule has 25 heavy (non-hydrogen) atoms. The molecule has 2 aromatic carbocycles. The van der Waals surface area contributed by atoms with Crippen molar-refractivity contribution in [1.29, 1.82) is 5.26 Å². The van der Waals surface area contributed by atoms with Gasteiger partial charge in [-0.25, -0.2) is 4.98 Å². The summed E-state index contributed by atoms with van der Waals surface area (Å²) < 4.78 is 5.65. The molecule has 0 aliphatic rings. The van der Waals surface area contributed by atoms with Gasteiger partial charge in [0.2, 0.25) is 11.8 Å². The summed E-state index contributed by atoms with van der Waals surface area (Å²) in [7, 11) is 0. The Kier molecular flexibility index (Phi) is 4.82. The van der Waals surface area contributed by atoms with E-state index < -0.39 is 0 Å². The van der Waals surface area contributed by atoms with Crippen molar-refractivity contribution in [2.45, 2.75) is 13.3 Å². The normalized spacial score (nSPS) is 10.3. The van der Waals surface area contributed by atoms with E-state index in [4.69, 9.17) is 21.3 Å². The minimum atomic E-state index is -0.239. The third-order valence-electron chi connectivity index (χ3n) is 3.60. The minimum Gasteiger partial charge on any atom is -0.441 e. The lowest BCUT2D eigenvalue weighted by atomic mass is 10.2. The van der Waals surface area contributed by atoms with Crippen LogP contribution in [0.25, 0.3) is 11.5 Å². The molecule has 0 saturated heterocycles. The van der Waals surface area contributed by atoms with Crippen LogP contribution in [0.5, 0.6) is 0 Å². The number of carbonyl (C=O) groups excluding carboxylic acids is 1. The largest absolute Gasteiger partial charge is 0.441 e. The summed E-state index contributed by atoms with van der Waals surface area (Å²) in [6.07, 6.45) is 0.0660. The van der Waals surface area contributed by atoms with E-state index in [1.54, 1.807) is 37.3 Å². The van der Waals surface area contributed by atoms with E-state index in [0.29, 0.717) is 39.2 Å². The first-order chi connectivity index (χ1) is 12.1. The van der Waals surface area contributed by atoms with Crippen LogP contribution in [0.3, 0.4) is 0 Å². The summed E-state index contributed by atoms with van der Waals surface area (Å²) in [6.45, 7) is 1.76. The number of nitrogens with one attached hydrogen (secondary N) is 1. The predicted octanol–water partition coefficient (Wildman–Crippen LogP) is 4.36. The summed E-state index contributed by atoms with van der Waals surface area (Å²) in [4.78, 5) is 16.6. The molecule has 0 atom stereocenters. The molecule has 1 aromatic heterocycles. The van der Waals surface area contributed by atoms with Crippen LogP contribution in [0.1, 0.15) is 17.0 Å². The van der Waals surface area contributed by atoms with E-state index in [1.165, 1.54) is 0 Å². The van der Waals surface area contributed by atoms with Crippen molar-refractivity contribution < 1.29 is 9.21 Å². The topological polar surface area (TPSA) is 78.9 Å². The third kappa shape index (κ3) is 3.87. The number of hydrogen-bond acceptors (Lipinski definition) is 4. The van der Waals surface area contributed by atoms with Gasteiger partial charge >= 0.3 is 0 Å². The molecule has 124 valence electrons. The van der Waals surface area contributed by atoms with E-state index >= 15 is 0 Å². The zero-order valence-electron chi connectivity index (χ0n) is 13.4. The first kappa shape index (κ1) is 16.7. The van der Waals surface area contributed by atoms with Gasteiger partial charge in [0, 0.05) is 5.69 Å². The summed E-state index contributed by atoms with van der Waals surface area (Å²) in [5.41, 5.74) is 2.28. The number of carbonyl (C=O) groups is 1. The molecule has 1 N–H and O–H groups in total. The van der Waals surface area contributed by atoms with Crippen LogP contribution in [0.15, 0.2) is 52.9 Å². The number of nitrogens with zero attached hydrogens (tertiary/aromatic N) is 2. The minimum absolute atomic E-state index is 0.0660. The number of amides is 1. The van der Waals surface area contributed by atoms with Crippen LogP contribution >= 0.6 is 11.6 Å². The number of rotatable bonds is 4. The molecular formula is C19H14ClN3O2. The lowest BCUT2D eigenvalue weighted by Crippen LogP contribution is -2.15. The fourth-order valence-electron chi connectivity index (χ4n) is 2.37. The highest BCUT2D eigenvalue weighted by molar-refractivity contribution is 6.33. The first-order valence-electron chi connectivity index (χ1n) is 7.58. The summed E-state index contributed by atoms with van der Waals surface area (Å²) in [5, 5.41) is 12.2. The Balaban J connectivity index is 1.76. The second-order valence-electron chi connectivity index (χ2n) is 5.42. The zero-order valence-corrected chi connectivity index (χ0v) is 14.2. The van der Waals surface area contributed by atoms with Crippen LogP contribution in [-0.4, -0.2) is 10.9 Å². The lowest BCUT2D eigenvalue weighted by molar-refractivity contribution is -0.115. The van der Waals surface area contributed by atoms with Crippen molar-refractivity contribution in [3.05, 3.63) is 70.6 Å². The van der Waals surface area contributed by atoms with Crippen molar-refractivity contribution in [1.82, 2.24) is 4.98 Å². The van der Waals surface area contributed by atoms with E-state index in [1.807, 2.05) is 24.3 Å². The number of oxazole rings is 1. The molecule has 3 aromatic rings. The lowest BCUT2D eigenvalue weighted by Gasteiger charge is -2.04. The van der Waals surface area contributed by atoms with Gasteiger partial charge in [0.05, 0.1) is 34.3 Å². The zero-order chi connectivity index (χ0) is 17.8. The Hall–Kier alpha value is -3.10. The maximum atomic E-state index is 12.2. The first-order valence-corrected chi connectivity index (χ1v) is 7.96. The smallest absolute Gasteiger partial charge is 0.230 e. The monoisotopic (exact) mass is 351 g/mol. The average Bonchev–Trinajstić information content (AvgIpc) is 2.95. The number of nitriles is 1. The number of benzene rings is 2. The molecule has 0 unspecified atom stereocenters. The standard InChI is InChI=1S/C19H14ClN3O2/c1-12-17(23-19(25-12)15-7-2-3-8-16(15)20)10-18(24)22-14-6-4-5-13(9-14)11-21/h2-9H,10H2,1H3,(H,22,24). The second kappa shape index (κ2) is 7.20. The second-order valence-corrected chi connectivity index (χ2v) is 5.83. The maximum Gasteiger partial charge on any atom is 0.230 e. The van der Waals surface area contributed by atoms with Crippen molar-refractivity contribution in [2.24, 2.45) is 0 Å². The summed E-state index contributed by atoms with van der Waals surface area (Å²) in [5.74, 6) is 0.713. The Morgan fingerprint density at radius 3 is 2.84 bits per heavy atom. The van der Waals surface area contributed by atoms with Crippen molar-refractivity contribution >= 4 is 23.2 Å². The molecule has 0 bridgehead atoms. The quantitative estimate of drug-likeness (QED) is 0.757. The molecule has 1 amide bonds. The van der Waals surface area contributed by atoms with Crippen LogP contribution in [0.4, 0.5) is 5.69 Å². The van der Waals surface area contributed by atoms with Gasteiger partial charge in [-0.05, 0) is 37.3 Å². The Labute approximate surface area is 149 Å². The van der Waals surface area contributed by atoms with E-state index in [9.17, 15) is 4.79 Å². The van der Waals surface area contributed by atoms with Gasteiger partial charge in [0.25, 0.3) is 0 Å². The van der Waals surface area contributed by atoms with Crippen LogP contribution < -0.4 is 5.32 Å². The van der Waals surface area contributed by atoms with Crippen LogP contribution in [0, 0.1) is 18.3 Å². The van der Waals surface area contributed by atoms with Gasteiger partial charge in [-0.2, -0.15) is 5.26 Å². The van der Waals surface area contributed by atoms with E-state index in [2.05, 4.69) is 10.3 Å². The molecule has 6 heteroatoms. The highest BCUT2D eigenvalue weighted by Gasteiger charge is 2.16. The molecule has 3 rings (SSSR count). The molecule has 0 aliphatic carbocycles. The molecule has 1 heterocycles. The molecule has 0 radical (unpaired) electrons. The Morgan fingerprint density at radius 2 is 2.08 bits per heavy atom. The van der Waals surface area contributed by atoms with Gasteiger partial charge in [-0.3, -0.25) is 4.79 Å². The Morgan fingerprint density at radius 1 is 1.28 bits per heavy atom. The number of aromatic nitrogens is 1. The number of anilines is 1. The maximum absolute atomic E-state index is 12.2.